The van der Waals surface area contributed by atoms with Gasteiger partial charge in [0.1, 0.15) is 0 Å². The summed E-state index contributed by atoms with van der Waals surface area (Å²) in [6.45, 7) is 13.3. The number of ether oxygens (including phenoxy) is 2. The van der Waals surface area contributed by atoms with E-state index in [9.17, 15) is 0 Å². The highest BCUT2D eigenvalue weighted by Gasteiger charge is 2.92. The van der Waals surface area contributed by atoms with Crippen LogP contribution >= 0.6 is 0 Å². The molecule has 0 radical (unpaired) electrons. The average Bonchev–Trinajstić information content (AvgIpc) is 3.07. The second-order valence-corrected chi connectivity index (χ2v) is 4.71. The molecular formula is C12H24ClNO2. The first-order valence-electron chi connectivity index (χ1n) is 6.38. The highest BCUT2D eigenvalue weighted by atomic mass is 35.5. The lowest BCUT2D eigenvalue weighted by atomic mass is 10.2. The van der Waals surface area contributed by atoms with E-state index in [0.717, 1.165) is 6.61 Å². The maximum Gasteiger partial charge on any atom is 0.258 e. The van der Waals surface area contributed by atoms with Crippen molar-refractivity contribution in [3.05, 3.63) is 0 Å². The van der Waals surface area contributed by atoms with Gasteiger partial charge in [0.05, 0.1) is 19.6 Å². The molecule has 0 amide bonds. The molecule has 1 saturated carbocycles. The molecule has 96 valence electrons. The van der Waals surface area contributed by atoms with Crippen LogP contribution in [-0.4, -0.2) is 48.7 Å². The van der Waals surface area contributed by atoms with Gasteiger partial charge in [0.15, 0.2) is 12.1 Å². The second kappa shape index (κ2) is 4.81. The van der Waals surface area contributed by atoms with E-state index in [1.807, 2.05) is 0 Å². The number of rotatable bonds is 7. The molecule has 0 bridgehead atoms. The lowest BCUT2D eigenvalue weighted by molar-refractivity contribution is -0.945. The Hall–Kier alpha value is 0.170. The number of hydrogen-bond acceptors (Lipinski definition) is 2. The summed E-state index contributed by atoms with van der Waals surface area (Å²) in [6.07, 6.45) is 1.65. The minimum atomic E-state index is -0.157. The topological polar surface area (TPSA) is 21.8 Å². The summed E-state index contributed by atoms with van der Waals surface area (Å²) >= 11 is 0. The van der Waals surface area contributed by atoms with E-state index in [-0.39, 0.29) is 18.2 Å². The zero-order chi connectivity index (χ0) is 11.1. The fourth-order valence-corrected chi connectivity index (χ4v) is 3.14. The van der Waals surface area contributed by atoms with Gasteiger partial charge in [-0.2, -0.15) is 0 Å². The third kappa shape index (κ3) is 1.78. The van der Waals surface area contributed by atoms with E-state index in [1.54, 1.807) is 0 Å². The summed E-state index contributed by atoms with van der Waals surface area (Å²) in [7, 11) is 0. The fraction of sp³-hybridized carbons (Fsp3) is 1.00. The maximum absolute atomic E-state index is 5.75. The van der Waals surface area contributed by atoms with Gasteiger partial charge in [-0.25, -0.2) is 0 Å². The van der Waals surface area contributed by atoms with Gasteiger partial charge in [-0.15, -0.1) is 0 Å². The van der Waals surface area contributed by atoms with Crippen molar-refractivity contribution >= 4 is 0 Å². The van der Waals surface area contributed by atoms with Gasteiger partial charge in [0.2, 0.25) is 0 Å². The first kappa shape index (κ1) is 14.2. The van der Waals surface area contributed by atoms with E-state index in [1.165, 1.54) is 30.5 Å². The van der Waals surface area contributed by atoms with E-state index >= 15 is 0 Å². The molecule has 16 heavy (non-hydrogen) atoms. The Morgan fingerprint density at radius 1 is 1.19 bits per heavy atom. The van der Waals surface area contributed by atoms with Crippen LogP contribution in [0.2, 0.25) is 0 Å². The van der Waals surface area contributed by atoms with Crippen molar-refractivity contribution in [3.8, 4) is 0 Å². The van der Waals surface area contributed by atoms with Crippen LogP contribution < -0.4 is 12.4 Å². The van der Waals surface area contributed by atoms with Gasteiger partial charge in [-0.1, -0.05) is 6.92 Å². The zero-order valence-electron chi connectivity index (χ0n) is 10.8. The lowest BCUT2D eigenvalue weighted by Crippen LogP contribution is -3.00. The monoisotopic (exact) mass is 249 g/mol. The third-order valence-electron chi connectivity index (χ3n) is 4.13. The van der Waals surface area contributed by atoms with Crippen molar-refractivity contribution in [2.75, 3.05) is 26.2 Å². The van der Waals surface area contributed by atoms with Crippen molar-refractivity contribution in [2.24, 2.45) is 0 Å². The van der Waals surface area contributed by atoms with E-state index in [0.29, 0.717) is 12.1 Å². The first-order valence-corrected chi connectivity index (χ1v) is 6.38. The van der Waals surface area contributed by atoms with Crippen molar-refractivity contribution in [1.82, 2.24) is 0 Å². The van der Waals surface area contributed by atoms with Crippen LogP contribution in [0.25, 0.3) is 0 Å². The van der Waals surface area contributed by atoms with Gasteiger partial charge in [0, 0.05) is 6.61 Å². The Balaban J connectivity index is 0.00000128. The number of epoxide rings is 1. The molecule has 1 saturated heterocycles. The van der Waals surface area contributed by atoms with Crippen LogP contribution in [0, 0.1) is 0 Å². The summed E-state index contributed by atoms with van der Waals surface area (Å²) < 4.78 is 12.5. The summed E-state index contributed by atoms with van der Waals surface area (Å²) in [6, 6.07) is 0.618. The minimum Gasteiger partial charge on any atom is -1.00 e. The van der Waals surface area contributed by atoms with Crippen LogP contribution in [0.1, 0.15) is 34.1 Å². The third-order valence-corrected chi connectivity index (χ3v) is 4.13. The second-order valence-electron chi connectivity index (χ2n) is 4.71. The molecule has 0 aromatic carbocycles. The summed E-state index contributed by atoms with van der Waals surface area (Å²) in [5.74, 6) is -0.157. The van der Waals surface area contributed by atoms with E-state index in [4.69, 9.17) is 9.47 Å². The largest absolute Gasteiger partial charge is 1.00 e. The quantitative estimate of drug-likeness (QED) is 0.417. The summed E-state index contributed by atoms with van der Waals surface area (Å²) in [5.41, 5.74) is 0. The lowest BCUT2D eigenvalue weighted by Gasteiger charge is -2.39. The van der Waals surface area contributed by atoms with Gasteiger partial charge < -0.3 is 26.4 Å². The molecule has 1 aliphatic carbocycles. The predicted molar refractivity (Wildman–Crippen MR) is 59.5 cm³/mol. The normalized spacial score (nSPS) is 35.2. The Morgan fingerprint density at radius 2 is 1.81 bits per heavy atom. The van der Waals surface area contributed by atoms with Gasteiger partial charge in [-0.3, -0.25) is 0 Å². The molecule has 2 aliphatic rings. The van der Waals surface area contributed by atoms with Gasteiger partial charge in [0.25, 0.3) is 5.79 Å². The molecule has 0 aromatic heterocycles. The number of quaternary nitrogens is 1. The van der Waals surface area contributed by atoms with Crippen molar-refractivity contribution in [1.29, 1.82) is 0 Å². The van der Waals surface area contributed by atoms with Crippen LogP contribution in [0.4, 0.5) is 0 Å². The molecular weight excluding hydrogens is 226 g/mol. The predicted octanol–water partition coefficient (Wildman–Crippen LogP) is -1.23. The molecule has 1 aliphatic heterocycles. The summed E-state index contributed by atoms with van der Waals surface area (Å²) in [5, 5.41) is 0. The Kier molecular flexibility index (Phi) is 4.28. The molecule has 3 atom stereocenters. The first-order chi connectivity index (χ1) is 7.20. The van der Waals surface area contributed by atoms with Crippen molar-refractivity contribution < 1.29 is 26.4 Å². The van der Waals surface area contributed by atoms with Gasteiger partial charge in [-0.05, 0) is 27.2 Å². The SMILES string of the molecule is CCC[N+](CC)(CC)C1C2OC21OCC.[Cl-]. The molecule has 2 fully saturated rings. The van der Waals surface area contributed by atoms with E-state index < -0.39 is 0 Å². The van der Waals surface area contributed by atoms with Crippen LogP contribution in [0.3, 0.4) is 0 Å². The fourth-order valence-electron chi connectivity index (χ4n) is 3.14. The number of halogens is 1. The van der Waals surface area contributed by atoms with Crippen LogP contribution in [-0.2, 0) is 9.47 Å². The van der Waals surface area contributed by atoms with Crippen molar-refractivity contribution in [2.45, 2.75) is 52.0 Å². The molecule has 0 spiro atoms. The van der Waals surface area contributed by atoms with E-state index in [2.05, 4.69) is 27.7 Å². The maximum atomic E-state index is 5.75. The minimum absolute atomic E-state index is 0. The highest BCUT2D eigenvalue weighted by Crippen LogP contribution is 2.65. The molecule has 0 aromatic rings. The smallest absolute Gasteiger partial charge is 0.258 e. The molecule has 1 heterocycles. The Labute approximate surface area is 105 Å². The Morgan fingerprint density at radius 3 is 2.19 bits per heavy atom. The number of hydrogen-bond donors (Lipinski definition) is 0. The molecule has 0 N–H and O–H groups in total. The van der Waals surface area contributed by atoms with Crippen molar-refractivity contribution in [3.63, 3.8) is 0 Å². The van der Waals surface area contributed by atoms with Crippen LogP contribution in [0.5, 0.6) is 0 Å². The number of nitrogens with zero attached hydrogens (tertiary/aromatic N) is 1. The molecule has 4 heteroatoms. The standard InChI is InChI=1S/C12H24NO2.ClH/c1-5-9-13(6-2,7-3)10-11-12(10,15-11)14-8-4;/h10-11H,5-9H2,1-4H3;1H/q+1;/p-1. The van der Waals surface area contributed by atoms with Gasteiger partial charge >= 0.3 is 0 Å². The summed E-state index contributed by atoms with van der Waals surface area (Å²) in [4.78, 5) is 0. The average molecular weight is 250 g/mol. The molecule has 2 rings (SSSR count). The highest BCUT2D eigenvalue weighted by molar-refractivity contribution is 5.25. The number of fused-ring (bicyclic) bond motifs is 1. The van der Waals surface area contributed by atoms with Crippen LogP contribution in [0.15, 0.2) is 0 Å². The number of likely N-dealkylation sites (N-methyl/N-ethyl adjacent to an activating group) is 1. The molecule has 3 unspecified atom stereocenters. The molecule has 3 nitrogen and oxygen atoms in total. The zero-order valence-corrected chi connectivity index (χ0v) is 11.6. The Bertz CT molecular complexity index is 245.